The van der Waals surface area contributed by atoms with E-state index < -0.39 is 129 Å². The number of carbonyl (C=O) groups excluding carboxylic acids is 6. The number of methoxy groups -OCH3 is 3. The number of hydrogen-bond acceptors (Lipinski definition) is 28. The Kier molecular flexibility index (Phi) is 43.3. The van der Waals surface area contributed by atoms with Gasteiger partial charge in [-0.3, -0.25) is 24.0 Å². The number of Topliss-reactive ketones (excluding diaryl/α,β-unsaturated/α-hetero) is 2. The smallest absolute Gasteiger partial charge is 0.329 e. The number of pyridine rings is 1. The van der Waals surface area contributed by atoms with Crippen LogP contribution in [0, 0.1) is 48.2 Å². The van der Waals surface area contributed by atoms with Crippen LogP contribution in [0.5, 0.6) is 5.75 Å². The summed E-state index contributed by atoms with van der Waals surface area (Å²) in [4.78, 5) is 95.4. The molecule has 0 radical (unpaired) electrons. The van der Waals surface area contributed by atoms with Crippen molar-refractivity contribution in [1.29, 1.82) is 0 Å². The first-order chi connectivity index (χ1) is 60.4. The fraction of sp³-hybridized carbons (Fsp3) is 0.656. The van der Waals surface area contributed by atoms with E-state index in [2.05, 4.69) is 15.5 Å². The molecule has 33 heteroatoms. The number of benzene rings is 2. The Morgan fingerprint density at radius 2 is 1.43 bits per heavy atom. The number of aromatic nitrogens is 1. The number of ketones is 2. The summed E-state index contributed by atoms with van der Waals surface area (Å²) < 4.78 is 112. The van der Waals surface area contributed by atoms with Gasteiger partial charge in [-0.05, 0) is 168 Å². The summed E-state index contributed by atoms with van der Waals surface area (Å²) in [5.74, 6) is -9.09. The molecule has 5 aliphatic rings. The number of halogens is 1. The normalized spacial score (nSPS) is 28.0. The Morgan fingerprint density at radius 3 is 2.10 bits per heavy atom. The summed E-state index contributed by atoms with van der Waals surface area (Å²) in [5, 5.41) is 54.5. The highest BCUT2D eigenvalue weighted by Gasteiger charge is 2.53. The summed E-state index contributed by atoms with van der Waals surface area (Å²) >= 11 is 0. The lowest BCUT2D eigenvalue weighted by molar-refractivity contribution is -0.265. The Labute approximate surface area is 741 Å². The van der Waals surface area contributed by atoms with Crippen molar-refractivity contribution in [3.63, 3.8) is 0 Å². The van der Waals surface area contributed by atoms with Crippen molar-refractivity contribution in [3.05, 3.63) is 119 Å². The third-order valence-electron chi connectivity index (χ3n) is 24.2. The third-order valence-corrected chi connectivity index (χ3v) is 26.1. The number of aliphatic hydroxyl groups is 4. The lowest BCUT2D eigenvalue weighted by Crippen LogP contribution is -2.61. The summed E-state index contributed by atoms with van der Waals surface area (Å²) in [7, 11) is 0.433. The lowest BCUT2D eigenvalue weighted by Gasteiger charge is -2.43. The van der Waals surface area contributed by atoms with Gasteiger partial charge >= 0.3 is 5.97 Å². The molecule has 3 aromatic rings. The van der Waals surface area contributed by atoms with E-state index >= 15 is 4.39 Å². The molecule has 1 aliphatic carbocycles. The fourth-order valence-corrected chi connectivity index (χ4v) is 18.1. The number of hydrogen-bond donors (Lipinski definition) is 6. The van der Waals surface area contributed by atoms with Gasteiger partial charge in [-0.25, -0.2) is 22.6 Å². The molecule has 1 saturated carbocycles. The van der Waals surface area contributed by atoms with E-state index in [1.807, 2.05) is 82.3 Å². The minimum absolute atomic E-state index is 0.0217. The molecular formula is C93H137FN6O25S. The Morgan fingerprint density at radius 1 is 0.746 bits per heavy atom. The third kappa shape index (κ3) is 31.5. The number of piperidine rings is 1. The highest BCUT2D eigenvalue weighted by Crippen LogP contribution is 2.40. The second-order valence-corrected chi connectivity index (χ2v) is 35.9. The number of esters is 1. The molecule has 7 N–H and O–H groups in total. The topological polar surface area (TPSA) is 407 Å². The Hall–Kier alpha value is -7.84. The predicted octanol–water partition coefficient (Wildman–Crippen LogP) is 9.33. The van der Waals surface area contributed by atoms with Crippen molar-refractivity contribution < 1.29 is 124 Å². The van der Waals surface area contributed by atoms with Crippen LogP contribution in [0.3, 0.4) is 0 Å². The van der Waals surface area contributed by atoms with Crippen molar-refractivity contribution in [2.24, 2.45) is 40.7 Å². The van der Waals surface area contributed by atoms with Gasteiger partial charge in [0.2, 0.25) is 5.79 Å². The van der Waals surface area contributed by atoms with Crippen LogP contribution in [-0.2, 0) is 97.3 Å². The van der Waals surface area contributed by atoms with Crippen molar-refractivity contribution in [1.82, 2.24) is 20.1 Å². The second kappa shape index (κ2) is 52.7. The maximum absolute atomic E-state index is 15.9. The largest absolute Gasteiger partial charge is 0.491 e. The molecule has 31 nitrogen and oxygen atoms in total. The summed E-state index contributed by atoms with van der Waals surface area (Å²) in [6.45, 7) is 17.9. The number of ether oxygens (including phenoxy) is 12. The average molecular weight is 1790 g/mol. The van der Waals surface area contributed by atoms with Gasteiger partial charge in [0.15, 0.2) is 16.4 Å². The van der Waals surface area contributed by atoms with Gasteiger partial charge in [0.1, 0.15) is 59.0 Å². The van der Waals surface area contributed by atoms with Gasteiger partial charge in [-0.1, -0.05) is 82.3 Å². The summed E-state index contributed by atoms with van der Waals surface area (Å²) in [6, 6.07) is 10.4. The van der Waals surface area contributed by atoms with E-state index in [1.165, 1.54) is 29.9 Å². The minimum atomic E-state index is -4.14. The summed E-state index contributed by atoms with van der Waals surface area (Å²) in [6.07, 6.45) is 11.7. The highest BCUT2D eigenvalue weighted by molar-refractivity contribution is 7.91. The number of nitrogens with zero attached hydrogens (tertiary/aromatic N) is 4. The number of anilines is 1. The van der Waals surface area contributed by atoms with Crippen molar-refractivity contribution in [2.75, 3.05) is 145 Å². The first-order valence-corrected chi connectivity index (χ1v) is 46.0. The molecule has 1 aromatic heterocycles. The molecule has 702 valence electrons. The first kappa shape index (κ1) is 104. The molecular weight excluding hydrogens is 1650 g/mol. The van der Waals surface area contributed by atoms with Gasteiger partial charge in [-0.15, -0.1) is 0 Å². The number of cyclic esters (lactones) is 1. The fourth-order valence-electron chi connectivity index (χ4n) is 16.6. The quantitative estimate of drug-likeness (QED) is 0.0103. The van der Waals surface area contributed by atoms with Gasteiger partial charge in [0.05, 0.1) is 128 Å². The number of rotatable bonds is 37. The van der Waals surface area contributed by atoms with E-state index in [0.29, 0.717) is 120 Å². The van der Waals surface area contributed by atoms with Crippen LogP contribution in [0.25, 0.3) is 11.1 Å². The van der Waals surface area contributed by atoms with Crippen molar-refractivity contribution in [2.45, 2.75) is 224 Å². The SMILES string of the molecule is CO[C@H]1C[C@@H]2CC[C@@H](C)[C@@](O)(O2)C(=O)C(=O)N2CCCC[C@H]2C(=O)O[C@H]([C@H](C)C[C@@H]2CC[C@@H](O)[C@H](OC)C2)C[C@@H](O)[C@H](C)/C=C(\C)[C@@H](O)[C@@H](OC)C(=NOCC(=O)NCCOCCOCCOCCOCCOCCOCCC(=O)CCCS(=O)(=O)c2ccc(C(=O)N3CCOc4ccc(-c5ccc(N)nc5)cc4C3)c(C)c2F)[C@H](C)C[C@H](C)/C=C/C=C/C=C/1C. The zero-order valence-electron chi connectivity index (χ0n) is 75.3. The van der Waals surface area contributed by atoms with E-state index in [1.54, 1.807) is 53.3 Å². The van der Waals surface area contributed by atoms with E-state index in [0.717, 1.165) is 28.3 Å². The van der Waals surface area contributed by atoms with Gasteiger partial charge < -0.3 is 103 Å². The van der Waals surface area contributed by atoms with Crippen molar-refractivity contribution >= 4 is 56.6 Å². The van der Waals surface area contributed by atoms with Gasteiger partial charge in [0.25, 0.3) is 23.5 Å². The molecule has 3 fully saturated rings. The lowest BCUT2D eigenvalue weighted by atomic mass is 9.78. The molecule has 8 rings (SSSR count). The molecule has 0 unspecified atom stereocenters. The molecule has 126 heavy (non-hydrogen) atoms. The summed E-state index contributed by atoms with van der Waals surface area (Å²) in [5.41, 5.74) is 9.72. The number of amides is 3. The van der Waals surface area contributed by atoms with Crippen LogP contribution in [0.1, 0.15) is 166 Å². The van der Waals surface area contributed by atoms with Crippen LogP contribution in [0.4, 0.5) is 10.2 Å². The average Bonchev–Trinajstić information content (AvgIpc) is 1.12. The Balaban J connectivity index is 0.721. The number of nitrogens with two attached hydrogens (primary N) is 1. The van der Waals surface area contributed by atoms with Crippen LogP contribution < -0.4 is 15.8 Å². The maximum atomic E-state index is 15.9. The molecule has 5 heterocycles. The monoisotopic (exact) mass is 1790 g/mol. The van der Waals surface area contributed by atoms with E-state index in [4.69, 9.17) is 67.4 Å². The predicted molar refractivity (Wildman–Crippen MR) is 469 cm³/mol. The number of nitrogens with one attached hydrogen (secondary N) is 1. The van der Waals surface area contributed by atoms with E-state index in [9.17, 15) is 57.6 Å². The highest BCUT2D eigenvalue weighted by atomic mass is 32.2. The molecule has 3 amide bonds. The number of fused-ring (bicyclic) bond motifs is 4. The van der Waals surface area contributed by atoms with Crippen LogP contribution in [0.15, 0.2) is 106 Å². The van der Waals surface area contributed by atoms with Gasteiger partial charge in [-0.2, -0.15) is 0 Å². The number of nitrogen functional groups attached to an aromatic ring is 1. The number of carbonyl (C=O) groups is 6. The molecule has 0 spiro atoms. The standard InChI is InChI=1S/C93H137FN6O25S/c1-60-18-13-12-14-19-61(2)79(113-9)55-73-26-22-66(7)93(110,125-73)89(106)91(108)100-34-16-15-21-75(100)92(109)124-80(63(4)52-68-23-28-76(102)81(53-68)114-10)56-77(103)62(3)51-65(6)87(105)88(115-11)86(64(5)50-60)98-123-59-84(104)96-33-37-117-40-42-119-44-46-121-48-47-120-45-43-118-41-39-116-36-32-72(101)20-17-49-126(111,112)82-30-27-74(67(8)85(82)94)90(107)99-35-38-122-78-29-24-69(54-71(78)58-99)70-25-31-83(95)97-57-70/h12-14,18-19,24-25,27,29-31,51,54,57,60,62-64,66,68,73,75-77,79-81,87-88,102-103,105,110H,15-17,20-23,26,28,32-50,52-53,55-56,58-59H2,1-11H3,(H2,95,97)(H,96,104)/b14-12+,18-13+,61-19+,65-51+,98-86?/t60-,62-,63-,64-,66-,68+,73+,75+,76-,77-,79+,80+,81-,87-,88+,93-/m1/s1. The number of aliphatic hydroxyl groups excluding tert-OH is 3. The molecule has 2 aromatic carbocycles. The molecule has 2 bridgehead atoms. The van der Waals surface area contributed by atoms with E-state index in [-0.39, 0.29) is 158 Å². The zero-order valence-corrected chi connectivity index (χ0v) is 76.1. The van der Waals surface area contributed by atoms with Gasteiger partial charge in [0, 0.05) is 107 Å². The molecule has 16 atom stereocenters. The van der Waals surface area contributed by atoms with Crippen molar-refractivity contribution in [3.8, 4) is 16.9 Å². The minimum Gasteiger partial charge on any atom is -0.491 e. The second-order valence-electron chi connectivity index (χ2n) is 33.8. The zero-order chi connectivity index (χ0) is 91.5. The molecule has 4 aliphatic heterocycles. The number of allylic oxidation sites excluding steroid dienone is 5. The Bertz CT molecular complexity index is 4240. The van der Waals surface area contributed by atoms with Crippen LogP contribution in [-0.4, -0.2) is 284 Å². The maximum Gasteiger partial charge on any atom is 0.329 e. The number of oxime groups is 1. The first-order valence-electron chi connectivity index (χ1n) is 44.4. The number of sulfone groups is 1. The van der Waals surface area contributed by atoms with Crippen LogP contribution in [0.2, 0.25) is 0 Å². The van der Waals surface area contributed by atoms with Crippen LogP contribution >= 0.6 is 0 Å². The molecule has 2 saturated heterocycles.